The second-order valence-corrected chi connectivity index (χ2v) is 4.35. The molecule has 0 atom stereocenters. The van der Waals surface area contributed by atoms with Crippen molar-refractivity contribution in [1.29, 1.82) is 5.26 Å². The lowest BCUT2D eigenvalue weighted by Gasteiger charge is -2.03. The van der Waals surface area contributed by atoms with Gasteiger partial charge in [0.15, 0.2) is 11.4 Å². The largest absolute Gasteiger partial charge is 0.397 e. The number of nitrogens with two attached hydrogens (primary N) is 1. The Labute approximate surface area is 114 Å². The minimum atomic E-state index is 0.517. The number of thioether (sulfide) groups is 1. The Morgan fingerprint density at radius 3 is 3.00 bits per heavy atom. The highest BCUT2D eigenvalue weighted by atomic mass is 32.2. The molecule has 0 spiro atoms. The first-order valence-corrected chi connectivity index (χ1v) is 6.64. The summed E-state index contributed by atoms with van der Waals surface area (Å²) < 4.78 is 1.65. The van der Waals surface area contributed by atoms with Gasteiger partial charge in [-0.3, -0.25) is 5.32 Å². The molecule has 1 heterocycles. The van der Waals surface area contributed by atoms with E-state index in [9.17, 15) is 0 Å². The van der Waals surface area contributed by atoms with Crippen LogP contribution in [-0.4, -0.2) is 21.2 Å². The number of nitrogen functional groups attached to an aromatic ring is 1. The van der Waals surface area contributed by atoms with Gasteiger partial charge in [-0.15, -0.1) is 0 Å². The number of nitriles is 1. The number of aliphatic imine (C=N–C) groups is 1. The molecule has 1 aromatic carbocycles. The maximum Gasteiger partial charge on any atom is 0.183 e. The zero-order valence-corrected chi connectivity index (χ0v) is 11.1. The van der Waals surface area contributed by atoms with Gasteiger partial charge >= 0.3 is 0 Å². The Morgan fingerprint density at radius 1 is 1.53 bits per heavy atom. The molecule has 0 fully saturated rings. The minimum absolute atomic E-state index is 0.517. The van der Waals surface area contributed by atoms with Gasteiger partial charge in [0.2, 0.25) is 0 Å². The molecular formula is C12H12N6S. The van der Waals surface area contributed by atoms with Crippen LogP contribution in [0.3, 0.4) is 0 Å². The molecule has 0 unspecified atom stereocenters. The minimum Gasteiger partial charge on any atom is -0.397 e. The molecule has 0 aliphatic carbocycles. The van der Waals surface area contributed by atoms with Crippen LogP contribution < -0.4 is 11.1 Å². The van der Waals surface area contributed by atoms with Gasteiger partial charge in [-0.25, -0.2) is 9.67 Å². The fraction of sp³-hybridized carbons (Fsp3) is 0.0833. The van der Waals surface area contributed by atoms with Gasteiger partial charge in [-0.1, -0.05) is 23.9 Å². The van der Waals surface area contributed by atoms with E-state index in [0.717, 1.165) is 5.69 Å². The van der Waals surface area contributed by atoms with E-state index in [-0.39, 0.29) is 0 Å². The third-order valence-corrected chi connectivity index (χ3v) is 2.92. The average molecular weight is 272 g/mol. The molecule has 1 aromatic heterocycles. The molecule has 19 heavy (non-hydrogen) atoms. The lowest BCUT2D eigenvalue weighted by molar-refractivity contribution is 0.883. The molecule has 2 rings (SSSR count). The van der Waals surface area contributed by atoms with Gasteiger partial charge in [-0.2, -0.15) is 10.4 Å². The maximum atomic E-state index is 8.57. The lowest BCUT2D eigenvalue weighted by atomic mass is 10.3. The molecule has 0 aliphatic heterocycles. The van der Waals surface area contributed by atoms with E-state index in [1.807, 2.05) is 36.7 Å². The standard InChI is InChI=1S/C12H12N6S/c1-19-12(15-8-13)17-9-6-16-18(7-9)11-5-3-2-4-10(11)14/h2-7H,14H2,1H3,(H,15,17). The second kappa shape index (κ2) is 5.93. The fourth-order valence-electron chi connectivity index (χ4n) is 1.49. The number of amidine groups is 1. The van der Waals surface area contributed by atoms with Crippen LogP contribution in [0.4, 0.5) is 11.4 Å². The van der Waals surface area contributed by atoms with E-state index >= 15 is 0 Å². The average Bonchev–Trinajstić information content (AvgIpc) is 2.87. The summed E-state index contributed by atoms with van der Waals surface area (Å²) in [5.74, 6) is 0. The van der Waals surface area contributed by atoms with Gasteiger partial charge in [0, 0.05) is 0 Å². The fourth-order valence-corrected chi connectivity index (χ4v) is 1.83. The highest BCUT2D eigenvalue weighted by Gasteiger charge is 2.04. The number of anilines is 1. The van der Waals surface area contributed by atoms with Crippen molar-refractivity contribution in [1.82, 2.24) is 15.1 Å². The molecule has 0 amide bonds. The van der Waals surface area contributed by atoms with Crippen molar-refractivity contribution >= 4 is 28.3 Å². The van der Waals surface area contributed by atoms with Crippen molar-refractivity contribution in [2.24, 2.45) is 4.99 Å². The van der Waals surface area contributed by atoms with Crippen molar-refractivity contribution in [3.8, 4) is 11.9 Å². The van der Waals surface area contributed by atoms with Crippen molar-refractivity contribution < 1.29 is 0 Å². The topological polar surface area (TPSA) is 92.0 Å². The number of hydrogen-bond acceptors (Lipinski definition) is 5. The van der Waals surface area contributed by atoms with Crippen molar-refractivity contribution in [2.45, 2.75) is 0 Å². The second-order valence-electron chi connectivity index (χ2n) is 3.56. The molecule has 0 saturated heterocycles. The Morgan fingerprint density at radius 2 is 2.32 bits per heavy atom. The molecule has 0 saturated carbocycles. The van der Waals surface area contributed by atoms with Gasteiger partial charge in [0.25, 0.3) is 0 Å². The number of aromatic nitrogens is 2. The molecule has 3 N–H and O–H groups in total. The summed E-state index contributed by atoms with van der Waals surface area (Å²) in [5, 5.41) is 15.8. The highest BCUT2D eigenvalue weighted by molar-refractivity contribution is 8.13. The van der Waals surface area contributed by atoms with Crippen LogP contribution in [0, 0.1) is 11.5 Å². The zero-order chi connectivity index (χ0) is 13.7. The van der Waals surface area contributed by atoms with Gasteiger partial charge in [0.1, 0.15) is 5.69 Å². The number of para-hydroxylation sites is 2. The van der Waals surface area contributed by atoms with Crippen LogP contribution in [-0.2, 0) is 0 Å². The van der Waals surface area contributed by atoms with E-state index in [4.69, 9.17) is 11.0 Å². The van der Waals surface area contributed by atoms with Crippen LogP contribution in [0.15, 0.2) is 41.7 Å². The summed E-state index contributed by atoms with van der Waals surface area (Å²) in [7, 11) is 0. The van der Waals surface area contributed by atoms with Crippen molar-refractivity contribution in [2.75, 3.05) is 12.0 Å². The van der Waals surface area contributed by atoms with Crippen LogP contribution >= 0.6 is 11.8 Å². The quantitative estimate of drug-likeness (QED) is 0.286. The highest BCUT2D eigenvalue weighted by Crippen LogP contribution is 2.19. The van der Waals surface area contributed by atoms with Crippen LogP contribution in [0.25, 0.3) is 5.69 Å². The first-order valence-electron chi connectivity index (χ1n) is 5.42. The van der Waals surface area contributed by atoms with Crippen molar-refractivity contribution in [3.05, 3.63) is 36.7 Å². The molecular weight excluding hydrogens is 260 g/mol. The van der Waals surface area contributed by atoms with Crippen LogP contribution in [0.1, 0.15) is 0 Å². The number of rotatable bonds is 2. The molecule has 0 aliphatic rings. The van der Waals surface area contributed by atoms with E-state index in [2.05, 4.69) is 15.4 Å². The first-order chi connectivity index (χ1) is 9.24. The van der Waals surface area contributed by atoms with Gasteiger partial charge in [0.05, 0.1) is 23.8 Å². The summed E-state index contributed by atoms with van der Waals surface area (Å²) in [6.45, 7) is 0. The Hall–Kier alpha value is -2.46. The van der Waals surface area contributed by atoms with E-state index < -0.39 is 0 Å². The Kier molecular flexibility index (Phi) is 4.05. The molecule has 0 radical (unpaired) electrons. The maximum absolute atomic E-state index is 8.57. The number of nitrogens with zero attached hydrogens (tertiary/aromatic N) is 4. The van der Waals surface area contributed by atoms with Gasteiger partial charge < -0.3 is 5.73 Å². The summed E-state index contributed by atoms with van der Waals surface area (Å²) in [4.78, 5) is 4.26. The lowest BCUT2D eigenvalue weighted by Crippen LogP contribution is -2.12. The first kappa shape index (κ1) is 13.0. The monoisotopic (exact) mass is 272 g/mol. The van der Waals surface area contributed by atoms with E-state index in [0.29, 0.717) is 16.5 Å². The smallest absolute Gasteiger partial charge is 0.183 e. The number of benzene rings is 1. The van der Waals surface area contributed by atoms with Crippen LogP contribution in [0.5, 0.6) is 0 Å². The Balaban J connectivity index is 2.30. The summed E-state index contributed by atoms with van der Waals surface area (Å²) >= 11 is 1.35. The summed E-state index contributed by atoms with van der Waals surface area (Å²) in [6.07, 6.45) is 7.04. The molecule has 7 heteroatoms. The third-order valence-electron chi connectivity index (χ3n) is 2.34. The van der Waals surface area contributed by atoms with E-state index in [1.165, 1.54) is 11.8 Å². The Bertz CT molecular complexity index is 640. The predicted molar refractivity (Wildman–Crippen MR) is 77.3 cm³/mol. The molecule has 6 nitrogen and oxygen atoms in total. The molecule has 2 aromatic rings. The summed E-state index contributed by atoms with van der Waals surface area (Å²) in [6, 6.07) is 7.44. The predicted octanol–water partition coefficient (Wildman–Crippen LogP) is 1.88. The summed E-state index contributed by atoms with van der Waals surface area (Å²) in [5.41, 5.74) is 7.96. The SMILES string of the molecule is CSC(=Nc1cnn(-c2ccccc2N)c1)NC#N. The van der Waals surface area contributed by atoms with Crippen molar-refractivity contribution in [3.63, 3.8) is 0 Å². The number of nitrogens with one attached hydrogen (secondary N) is 1. The van der Waals surface area contributed by atoms with E-state index in [1.54, 1.807) is 17.1 Å². The molecule has 96 valence electrons. The molecule has 0 bridgehead atoms. The number of hydrogen-bond donors (Lipinski definition) is 2. The van der Waals surface area contributed by atoms with Gasteiger partial charge in [-0.05, 0) is 18.4 Å². The zero-order valence-electron chi connectivity index (χ0n) is 10.2. The van der Waals surface area contributed by atoms with Crippen LogP contribution in [0.2, 0.25) is 0 Å². The third kappa shape index (κ3) is 3.05. The normalized spacial score (nSPS) is 11.1.